The Bertz CT molecular complexity index is 531. The molecule has 0 aliphatic rings. The number of rotatable bonds is 3. The highest BCUT2D eigenvalue weighted by Crippen LogP contribution is 2.26. The van der Waals surface area contributed by atoms with Crippen molar-refractivity contribution in [3.05, 3.63) is 57.3 Å². The fourth-order valence-corrected chi connectivity index (χ4v) is 3.08. The zero-order chi connectivity index (χ0) is 14.0. The van der Waals surface area contributed by atoms with Crippen molar-refractivity contribution in [3.63, 3.8) is 0 Å². The Kier molecular flexibility index (Phi) is 4.12. The summed E-state index contributed by atoms with van der Waals surface area (Å²) in [4.78, 5) is 0. The van der Waals surface area contributed by atoms with Crippen LogP contribution in [0.2, 0.25) is 0 Å². The normalized spacial score (nSPS) is 13.5. The molecular weight excluding hydrogens is 252 g/mol. The molecule has 2 aromatic rings. The van der Waals surface area contributed by atoms with Crippen molar-refractivity contribution >= 4 is 11.3 Å². The summed E-state index contributed by atoms with van der Waals surface area (Å²) in [5, 5.41) is 14.4. The predicted molar refractivity (Wildman–Crippen MR) is 82.9 cm³/mol. The molecule has 0 amide bonds. The molecule has 0 fully saturated rings. The highest BCUT2D eigenvalue weighted by Gasteiger charge is 2.15. The first kappa shape index (κ1) is 14.3. The van der Waals surface area contributed by atoms with E-state index in [1.807, 2.05) is 5.38 Å². The highest BCUT2D eigenvalue weighted by atomic mass is 32.1. The summed E-state index contributed by atoms with van der Waals surface area (Å²) in [5.74, 6) is 0. The van der Waals surface area contributed by atoms with Crippen LogP contribution >= 0.6 is 11.3 Å². The van der Waals surface area contributed by atoms with E-state index in [2.05, 4.69) is 57.3 Å². The number of benzene rings is 1. The van der Waals surface area contributed by atoms with E-state index in [4.69, 9.17) is 0 Å². The molecule has 0 radical (unpaired) electrons. The van der Waals surface area contributed by atoms with Crippen LogP contribution < -0.4 is 0 Å². The molecule has 1 aromatic carbocycles. The molecule has 19 heavy (non-hydrogen) atoms. The van der Waals surface area contributed by atoms with Gasteiger partial charge in [-0.05, 0) is 45.4 Å². The van der Waals surface area contributed by atoms with Gasteiger partial charge >= 0.3 is 0 Å². The van der Waals surface area contributed by atoms with Crippen molar-refractivity contribution in [1.29, 1.82) is 0 Å². The van der Waals surface area contributed by atoms with Gasteiger partial charge in [-0.2, -0.15) is 11.3 Å². The highest BCUT2D eigenvalue weighted by molar-refractivity contribution is 7.08. The molecule has 0 bridgehead atoms. The molecule has 1 aromatic heterocycles. The molecule has 0 aliphatic heterocycles. The van der Waals surface area contributed by atoms with Crippen LogP contribution in [0, 0.1) is 6.92 Å². The van der Waals surface area contributed by atoms with E-state index in [0.717, 1.165) is 5.56 Å². The Morgan fingerprint density at radius 2 is 1.74 bits per heavy atom. The summed E-state index contributed by atoms with van der Waals surface area (Å²) in [7, 11) is 0. The van der Waals surface area contributed by atoms with E-state index in [1.54, 1.807) is 11.3 Å². The summed E-state index contributed by atoms with van der Waals surface area (Å²) in [6, 6.07) is 8.60. The fourth-order valence-electron chi connectivity index (χ4n) is 2.19. The molecule has 1 unspecified atom stereocenters. The summed E-state index contributed by atoms with van der Waals surface area (Å²) >= 11 is 1.65. The fraction of sp³-hybridized carbons (Fsp3) is 0.412. The van der Waals surface area contributed by atoms with E-state index in [9.17, 15) is 5.11 Å². The van der Waals surface area contributed by atoms with Crippen LogP contribution in [-0.4, -0.2) is 5.11 Å². The molecule has 0 saturated heterocycles. The Hall–Kier alpha value is -1.12. The average Bonchev–Trinajstić information content (AvgIpc) is 2.75. The molecule has 0 aliphatic carbocycles. The van der Waals surface area contributed by atoms with E-state index in [-0.39, 0.29) is 5.41 Å². The molecule has 1 atom stereocenters. The minimum absolute atomic E-state index is 0.182. The van der Waals surface area contributed by atoms with Crippen LogP contribution in [0.4, 0.5) is 0 Å². The third kappa shape index (κ3) is 3.46. The second-order valence-electron chi connectivity index (χ2n) is 6.18. The van der Waals surface area contributed by atoms with Crippen LogP contribution in [0.5, 0.6) is 0 Å². The summed E-state index contributed by atoms with van der Waals surface area (Å²) in [5.41, 5.74) is 4.94. The predicted octanol–water partition coefficient (Wildman–Crippen LogP) is 4.63. The first-order chi connectivity index (χ1) is 8.88. The lowest BCUT2D eigenvalue weighted by Crippen LogP contribution is -2.11. The van der Waals surface area contributed by atoms with Gasteiger partial charge < -0.3 is 5.11 Å². The number of hydrogen-bond acceptors (Lipinski definition) is 2. The van der Waals surface area contributed by atoms with Crippen LogP contribution in [0.3, 0.4) is 0 Å². The second kappa shape index (κ2) is 5.48. The zero-order valence-corrected chi connectivity index (χ0v) is 12.9. The van der Waals surface area contributed by atoms with Crippen molar-refractivity contribution in [1.82, 2.24) is 0 Å². The molecule has 0 saturated carbocycles. The lowest BCUT2D eigenvalue weighted by atomic mass is 9.86. The molecule has 0 spiro atoms. The maximum atomic E-state index is 10.3. The minimum Gasteiger partial charge on any atom is -0.388 e. The summed E-state index contributed by atoms with van der Waals surface area (Å²) in [6.07, 6.45) is 0.286. The van der Waals surface area contributed by atoms with Gasteiger partial charge in [0.05, 0.1) is 6.10 Å². The van der Waals surface area contributed by atoms with Crippen LogP contribution in [0.15, 0.2) is 35.0 Å². The van der Waals surface area contributed by atoms with Crippen molar-refractivity contribution in [2.45, 2.75) is 45.6 Å². The first-order valence-corrected chi connectivity index (χ1v) is 7.62. The molecule has 1 nitrogen and oxygen atoms in total. The summed E-state index contributed by atoms with van der Waals surface area (Å²) in [6.45, 7) is 8.69. The lowest BCUT2D eigenvalue weighted by Gasteiger charge is -2.19. The van der Waals surface area contributed by atoms with Gasteiger partial charge in [0.25, 0.3) is 0 Å². The van der Waals surface area contributed by atoms with Gasteiger partial charge in [-0.1, -0.05) is 45.0 Å². The molecule has 2 rings (SSSR count). The molecule has 102 valence electrons. The maximum Gasteiger partial charge on any atom is 0.0840 e. The topological polar surface area (TPSA) is 20.2 Å². The minimum atomic E-state index is -0.397. The smallest absolute Gasteiger partial charge is 0.0840 e. The maximum absolute atomic E-state index is 10.3. The van der Waals surface area contributed by atoms with Gasteiger partial charge in [0, 0.05) is 6.42 Å². The van der Waals surface area contributed by atoms with Gasteiger partial charge in [0.15, 0.2) is 0 Å². The molecule has 1 N–H and O–H groups in total. The van der Waals surface area contributed by atoms with E-state index < -0.39 is 6.10 Å². The van der Waals surface area contributed by atoms with Crippen LogP contribution in [0.1, 0.15) is 49.1 Å². The van der Waals surface area contributed by atoms with Crippen molar-refractivity contribution in [2.24, 2.45) is 0 Å². The number of hydrogen-bond donors (Lipinski definition) is 1. The van der Waals surface area contributed by atoms with Gasteiger partial charge in [-0.15, -0.1) is 0 Å². The van der Waals surface area contributed by atoms with E-state index in [0.29, 0.717) is 6.42 Å². The first-order valence-electron chi connectivity index (χ1n) is 6.68. The van der Waals surface area contributed by atoms with Gasteiger partial charge in [-0.25, -0.2) is 0 Å². The van der Waals surface area contributed by atoms with E-state index >= 15 is 0 Å². The second-order valence-corrected chi connectivity index (χ2v) is 6.92. The van der Waals surface area contributed by atoms with Gasteiger partial charge in [-0.3, -0.25) is 0 Å². The third-order valence-electron chi connectivity index (χ3n) is 3.50. The quantitative estimate of drug-likeness (QED) is 0.865. The van der Waals surface area contributed by atoms with Crippen LogP contribution in [-0.2, 0) is 11.8 Å². The largest absolute Gasteiger partial charge is 0.388 e. The third-order valence-corrected chi connectivity index (χ3v) is 4.38. The number of aryl methyl sites for hydroxylation is 1. The Morgan fingerprint density at radius 3 is 2.21 bits per heavy atom. The summed E-state index contributed by atoms with van der Waals surface area (Å²) < 4.78 is 0. The molecule has 1 heterocycles. The van der Waals surface area contributed by atoms with Crippen molar-refractivity contribution in [2.75, 3.05) is 0 Å². The number of aliphatic hydroxyl groups is 1. The lowest BCUT2D eigenvalue weighted by molar-refractivity contribution is 0.178. The molecular formula is C17H22OS. The number of thiophene rings is 1. The van der Waals surface area contributed by atoms with Crippen molar-refractivity contribution < 1.29 is 5.11 Å². The number of aliphatic hydroxyl groups excluding tert-OH is 1. The SMILES string of the molecule is Cc1cscc1C(O)Cc1ccc(C(C)(C)C)cc1. The zero-order valence-electron chi connectivity index (χ0n) is 12.1. The van der Waals surface area contributed by atoms with Crippen LogP contribution in [0.25, 0.3) is 0 Å². The Labute approximate surface area is 119 Å². The average molecular weight is 274 g/mol. The molecule has 2 heteroatoms. The standard InChI is InChI=1S/C17H22OS/c1-12-10-19-11-15(12)16(18)9-13-5-7-14(8-6-13)17(2,3)4/h5-8,10-11,16,18H,9H2,1-4H3. The Balaban J connectivity index is 2.10. The van der Waals surface area contributed by atoms with Gasteiger partial charge in [0.1, 0.15) is 0 Å². The van der Waals surface area contributed by atoms with Gasteiger partial charge in [0.2, 0.25) is 0 Å². The van der Waals surface area contributed by atoms with Crippen molar-refractivity contribution in [3.8, 4) is 0 Å². The Morgan fingerprint density at radius 1 is 1.11 bits per heavy atom. The monoisotopic (exact) mass is 274 g/mol. The van der Waals surface area contributed by atoms with E-state index in [1.165, 1.54) is 16.7 Å².